The van der Waals surface area contributed by atoms with Gasteiger partial charge in [0, 0.05) is 18.3 Å². The molecule has 0 aliphatic heterocycles. The summed E-state index contributed by atoms with van der Waals surface area (Å²) in [6, 6.07) is 8.77. The number of carbonyl (C=O) groups excluding carboxylic acids is 3. The lowest BCUT2D eigenvalue weighted by atomic mass is 9.48. The molecule has 31 heavy (non-hydrogen) atoms. The molecule has 5 rings (SSSR count). The fraction of sp³-hybridized carbons (Fsp3) is 0.625. The smallest absolute Gasteiger partial charge is 0.319 e. The number of nitrogens with one attached hydrogen (secondary N) is 3. The Balaban J connectivity index is 1.13. The second-order valence-electron chi connectivity index (χ2n) is 9.73. The van der Waals surface area contributed by atoms with Gasteiger partial charge in [0.25, 0.3) is 5.91 Å². The van der Waals surface area contributed by atoms with Gasteiger partial charge in [0.1, 0.15) is 0 Å². The summed E-state index contributed by atoms with van der Waals surface area (Å²) in [6.45, 7) is 1.98. The largest absolute Gasteiger partial charge is 0.456 e. The van der Waals surface area contributed by atoms with Crippen LogP contribution < -0.4 is 16.0 Å². The molecule has 3 amide bonds. The van der Waals surface area contributed by atoms with E-state index in [4.69, 9.17) is 4.74 Å². The molecule has 3 N–H and O–H groups in total. The topological polar surface area (TPSA) is 96.5 Å². The van der Waals surface area contributed by atoms with E-state index in [1.165, 1.54) is 38.5 Å². The van der Waals surface area contributed by atoms with Crippen LogP contribution in [0, 0.1) is 23.2 Å². The van der Waals surface area contributed by atoms with Crippen molar-refractivity contribution in [2.24, 2.45) is 23.2 Å². The van der Waals surface area contributed by atoms with Crippen molar-refractivity contribution < 1.29 is 19.1 Å². The average molecular weight is 428 g/mol. The lowest BCUT2D eigenvalue weighted by molar-refractivity contribution is -0.149. The number of hydrogen-bond acceptors (Lipinski definition) is 4. The van der Waals surface area contributed by atoms with Crippen LogP contribution in [0.5, 0.6) is 0 Å². The number of benzene rings is 1. The van der Waals surface area contributed by atoms with Gasteiger partial charge in [-0.1, -0.05) is 18.2 Å². The number of ether oxygens (including phenoxy) is 1. The van der Waals surface area contributed by atoms with Crippen LogP contribution in [0.25, 0.3) is 0 Å². The molecule has 4 aliphatic carbocycles. The molecule has 0 spiro atoms. The van der Waals surface area contributed by atoms with Crippen LogP contribution in [0.2, 0.25) is 0 Å². The van der Waals surface area contributed by atoms with Gasteiger partial charge in [-0.05, 0) is 80.8 Å². The summed E-state index contributed by atoms with van der Waals surface area (Å²) in [5, 5.41) is 8.38. The molecule has 168 valence electrons. The van der Waals surface area contributed by atoms with Crippen molar-refractivity contribution in [1.82, 2.24) is 10.6 Å². The lowest BCUT2D eigenvalue weighted by Gasteiger charge is -2.59. The Morgan fingerprint density at radius 2 is 1.65 bits per heavy atom. The Kier molecular flexibility index (Phi) is 6.49. The zero-order valence-electron chi connectivity index (χ0n) is 18.2. The first-order valence-corrected chi connectivity index (χ1v) is 11.5. The third kappa shape index (κ3) is 5.38. The number of rotatable bonds is 8. The van der Waals surface area contributed by atoms with Crippen LogP contribution in [0.3, 0.4) is 0 Å². The third-order valence-electron chi connectivity index (χ3n) is 7.39. The minimum Gasteiger partial charge on any atom is -0.456 e. The zero-order valence-corrected chi connectivity index (χ0v) is 18.2. The first-order chi connectivity index (χ1) is 14.9. The molecule has 7 heteroatoms. The Bertz CT molecular complexity index is 775. The maximum atomic E-state index is 12.4. The molecule has 1 aromatic carbocycles. The Morgan fingerprint density at radius 3 is 2.26 bits per heavy atom. The predicted molar refractivity (Wildman–Crippen MR) is 117 cm³/mol. The van der Waals surface area contributed by atoms with Gasteiger partial charge in [0.15, 0.2) is 6.61 Å². The van der Waals surface area contributed by atoms with Crippen molar-refractivity contribution in [3.05, 3.63) is 30.3 Å². The monoisotopic (exact) mass is 427 g/mol. The normalized spacial score (nSPS) is 29.1. The van der Waals surface area contributed by atoms with Crippen molar-refractivity contribution in [3.8, 4) is 0 Å². The number of hydrogen-bond donors (Lipinski definition) is 3. The number of urea groups is 1. The molecule has 0 aromatic heterocycles. The first-order valence-electron chi connectivity index (χ1n) is 11.5. The van der Waals surface area contributed by atoms with Gasteiger partial charge in [-0.25, -0.2) is 4.79 Å². The molecule has 4 aliphatic rings. The average Bonchev–Trinajstić information content (AvgIpc) is 2.72. The maximum Gasteiger partial charge on any atom is 0.319 e. The molecule has 0 saturated heterocycles. The number of esters is 1. The van der Waals surface area contributed by atoms with E-state index in [-0.39, 0.29) is 43.0 Å². The summed E-state index contributed by atoms with van der Waals surface area (Å²) in [5.41, 5.74) is 0.900. The summed E-state index contributed by atoms with van der Waals surface area (Å²) in [4.78, 5) is 36.1. The minimum atomic E-state index is -0.502. The third-order valence-corrected chi connectivity index (χ3v) is 7.39. The van der Waals surface area contributed by atoms with E-state index in [0.717, 1.165) is 17.8 Å². The van der Waals surface area contributed by atoms with E-state index in [1.54, 1.807) is 12.1 Å². The van der Waals surface area contributed by atoms with Crippen LogP contribution in [-0.4, -0.2) is 37.1 Å². The highest BCUT2D eigenvalue weighted by Gasteiger charge is 2.53. The maximum absolute atomic E-state index is 12.4. The summed E-state index contributed by atoms with van der Waals surface area (Å²) in [5.74, 6) is 1.74. The van der Waals surface area contributed by atoms with E-state index in [0.29, 0.717) is 5.69 Å². The molecule has 0 heterocycles. The highest BCUT2D eigenvalue weighted by molar-refractivity contribution is 5.89. The molecule has 0 unspecified atom stereocenters. The molecular formula is C24H33N3O4. The zero-order chi connectivity index (χ0) is 21.8. The molecule has 0 radical (unpaired) electrons. The summed E-state index contributed by atoms with van der Waals surface area (Å²) >= 11 is 0. The Morgan fingerprint density at radius 1 is 1.03 bits per heavy atom. The van der Waals surface area contributed by atoms with Crippen molar-refractivity contribution >= 4 is 23.6 Å². The van der Waals surface area contributed by atoms with Gasteiger partial charge >= 0.3 is 12.0 Å². The predicted octanol–water partition coefficient (Wildman–Crippen LogP) is 3.46. The highest BCUT2D eigenvalue weighted by atomic mass is 16.5. The van der Waals surface area contributed by atoms with E-state index < -0.39 is 5.97 Å². The van der Waals surface area contributed by atoms with Gasteiger partial charge in [-0.15, -0.1) is 0 Å². The number of amides is 3. The summed E-state index contributed by atoms with van der Waals surface area (Å²) in [7, 11) is 0. The van der Waals surface area contributed by atoms with Crippen LogP contribution in [0.15, 0.2) is 30.3 Å². The van der Waals surface area contributed by atoms with Gasteiger partial charge in [0.05, 0.1) is 6.42 Å². The van der Waals surface area contributed by atoms with Crippen molar-refractivity contribution in [2.45, 2.75) is 57.9 Å². The number of para-hydroxylation sites is 1. The fourth-order valence-electron chi connectivity index (χ4n) is 6.34. The summed E-state index contributed by atoms with van der Waals surface area (Å²) in [6.07, 6.45) is 7.78. The van der Waals surface area contributed by atoms with E-state index in [1.807, 2.05) is 18.2 Å². The highest BCUT2D eigenvalue weighted by Crippen LogP contribution is 2.61. The van der Waals surface area contributed by atoms with Gasteiger partial charge in [-0.3, -0.25) is 9.59 Å². The molecule has 4 saturated carbocycles. The van der Waals surface area contributed by atoms with Crippen LogP contribution in [0.4, 0.5) is 10.5 Å². The fourth-order valence-corrected chi connectivity index (χ4v) is 6.34. The number of anilines is 1. The van der Waals surface area contributed by atoms with Gasteiger partial charge in [-0.2, -0.15) is 0 Å². The molecule has 1 atom stereocenters. The Hall–Kier alpha value is -2.57. The molecular weight excluding hydrogens is 394 g/mol. The van der Waals surface area contributed by atoms with E-state index in [2.05, 4.69) is 22.9 Å². The quantitative estimate of drug-likeness (QED) is 0.554. The van der Waals surface area contributed by atoms with E-state index >= 15 is 0 Å². The molecule has 1 aromatic rings. The van der Waals surface area contributed by atoms with Crippen LogP contribution in [-0.2, 0) is 14.3 Å². The van der Waals surface area contributed by atoms with Crippen molar-refractivity contribution in [3.63, 3.8) is 0 Å². The second kappa shape index (κ2) is 9.28. The van der Waals surface area contributed by atoms with Gasteiger partial charge < -0.3 is 20.7 Å². The number of carbonyl (C=O) groups is 3. The molecule has 4 bridgehead atoms. The van der Waals surface area contributed by atoms with E-state index in [9.17, 15) is 14.4 Å². The van der Waals surface area contributed by atoms with Crippen LogP contribution in [0.1, 0.15) is 51.9 Å². The Labute approximate surface area is 183 Å². The standard InChI is InChI=1S/C24H33N3O4/c1-16(24-12-17-9-18(13-24)11-19(10-17)14-24)26-21(28)15-31-22(29)7-8-25-23(30)27-20-5-3-2-4-6-20/h2-6,16-19H,7-15H2,1H3,(H,26,28)(H2,25,27,30)/t16-,17?,18?,19?,24?/m0/s1. The van der Waals surface area contributed by atoms with Crippen molar-refractivity contribution in [1.29, 1.82) is 0 Å². The molecule has 7 nitrogen and oxygen atoms in total. The van der Waals surface area contributed by atoms with Crippen molar-refractivity contribution in [2.75, 3.05) is 18.5 Å². The summed E-state index contributed by atoms with van der Waals surface area (Å²) < 4.78 is 5.10. The lowest BCUT2D eigenvalue weighted by Crippen LogP contribution is -2.56. The van der Waals surface area contributed by atoms with Gasteiger partial charge in [0.2, 0.25) is 0 Å². The first kappa shape index (κ1) is 21.7. The molecule has 4 fully saturated rings. The van der Waals surface area contributed by atoms with Crippen LogP contribution >= 0.6 is 0 Å². The minimum absolute atomic E-state index is 0.0139. The second-order valence-corrected chi connectivity index (χ2v) is 9.73. The SMILES string of the molecule is C[C@H](NC(=O)COC(=O)CCNC(=O)Nc1ccccc1)C12CC3CC(CC(C3)C1)C2.